The summed E-state index contributed by atoms with van der Waals surface area (Å²) in [6, 6.07) is -1.08. The minimum absolute atomic E-state index is 0.0437. The molecule has 2 heterocycles. The molecule has 0 radical (unpaired) electrons. The predicted molar refractivity (Wildman–Crippen MR) is 55.8 cm³/mol. The lowest BCUT2D eigenvalue weighted by Gasteiger charge is -2.19. The van der Waals surface area contributed by atoms with Gasteiger partial charge in [0.1, 0.15) is 6.04 Å². The number of carboxylic acid groups (broad SMARTS) is 1. The van der Waals surface area contributed by atoms with Crippen molar-refractivity contribution in [1.29, 1.82) is 0 Å². The van der Waals surface area contributed by atoms with Crippen LogP contribution in [0.25, 0.3) is 5.70 Å². The largest absolute Gasteiger partial charge is 0.479 e. The van der Waals surface area contributed by atoms with E-state index in [9.17, 15) is 9.59 Å². The van der Waals surface area contributed by atoms with Gasteiger partial charge in [-0.3, -0.25) is 0 Å². The molecule has 0 amide bonds. The zero-order valence-corrected chi connectivity index (χ0v) is 8.75. The smallest absolute Gasteiger partial charge is 0.356 e. The first kappa shape index (κ1) is 10.9. The van der Waals surface area contributed by atoms with Crippen molar-refractivity contribution < 1.29 is 19.4 Å². The lowest BCUT2D eigenvalue weighted by molar-refractivity contribution is -0.136. The van der Waals surface area contributed by atoms with Crippen molar-refractivity contribution in [3.8, 4) is 0 Å². The lowest BCUT2D eigenvalue weighted by Crippen LogP contribution is -2.34. The van der Waals surface area contributed by atoms with Crippen LogP contribution >= 0.6 is 0 Å². The molecule has 0 aliphatic carbocycles. The highest BCUT2D eigenvalue weighted by atomic mass is 16.5. The van der Waals surface area contributed by atoms with E-state index in [-0.39, 0.29) is 17.6 Å². The number of nitrogens with one attached hydrogen (secondary N) is 1. The van der Waals surface area contributed by atoms with Gasteiger partial charge in [-0.05, 0) is 6.08 Å². The van der Waals surface area contributed by atoms with Gasteiger partial charge in [-0.2, -0.15) is 9.67 Å². The number of rotatable bonds is 2. The Labute approximate surface area is 94.9 Å². The quantitative estimate of drug-likeness (QED) is 0.545. The van der Waals surface area contributed by atoms with Crippen LogP contribution in [0.15, 0.2) is 6.08 Å². The number of carboxylic acids is 1. The average molecular weight is 239 g/mol. The summed E-state index contributed by atoms with van der Waals surface area (Å²) >= 11 is 0. The topological polar surface area (TPSA) is 132 Å². The number of carbonyl (C=O) groups excluding carboxylic acids is 1. The van der Waals surface area contributed by atoms with Crippen molar-refractivity contribution in [2.45, 2.75) is 6.04 Å². The molecule has 0 aromatic carbocycles. The molecule has 0 saturated heterocycles. The number of nitrogens with zero attached hydrogens (tertiary/aromatic N) is 3. The highest BCUT2D eigenvalue weighted by Crippen LogP contribution is 2.21. The van der Waals surface area contributed by atoms with Crippen molar-refractivity contribution in [1.82, 2.24) is 14.8 Å². The monoisotopic (exact) mass is 239 g/mol. The van der Waals surface area contributed by atoms with Crippen LogP contribution in [0.1, 0.15) is 0 Å². The molecule has 9 heteroatoms. The van der Waals surface area contributed by atoms with Crippen molar-refractivity contribution in [2.24, 2.45) is 0 Å². The molecule has 90 valence electrons. The molecule has 9 nitrogen and oxygen atoms in total. The third-order valence-corrected chi connectivity index (χ3v) is 2.12. The van der Waals surface area contributed by atoms with Crippen LogP contribution in [0.5, 0.6) is 0 Å². The number of aliphatic carboxylic acids is 1. The molecular weight excluding hydrogens is 230 g/mol. The number of fused-ring (bicyclic) bond motifs is 1. The fourth-order valence-electron chi connectivity index (χ4n) is 1.39. The Morgan fingerprint density at radius 1 is 1.65 bits per heavy atom. The summed E-state index contributed by atoms with van der Waals surface area (Å²) in [6.07, 6.45) is 1.18. The molecule has 17 heavy (non-hydrogen) atoms. The Hall–Kier alpha value is -2.58. The second-order valence-electron chi connectivity index (χ2n) is 3.21. The molecule has 1 aliphatic rings. The standard InChI is InChI=1S/C8H9N5O4/c1-17-6(16)4-2-3(5(14)15)10-8-11-7(9)12-13(4)8/h2-3H,1H3,(H,14,15)(H3,9,10,11,12). The minimum atomic E-state index is -1.15. The van der Waals surface area contributed by atoms with E-state index in [1.165, 1.54) is 13.2 Å². The number of ether oxygens (including phenoxy) is 1. The summed E-state index contributed by atoms with van der Waals surface area (Å²) in [5.74, 6) is -1.87. The van der Waals surface area contributed by atoms with E-state index < -0.39 is 18.0 Å². The van der Waals surface area contributed by atoms with Crippen LogP contribution in [0.3, 0.4) is 0 Å². The molecule has 1 atom stereocenters. The Kier molecular flexibility index (Phi) is 2.42. The number of nitrogens with two attached hydrogens (primary N) is 1. The van der Waals surface area contributed by atoms with E-state index >= 15 is 0 Å². The maximum absolute atomic E-state index is 11.5. The first-order chi connectivity index (χ1) is 8.02. The second kappa shape index (κ2) is 3.77. The van der Waals surface area contributed by atoms with Crippen LogP contribution in [0, 0.1) is 0 Å². The van der Waals surface area contributed by atoms with Crippen LogP contribution < -0.4 is 11.1 Å². The van der Waals surface area contributed by atoms with Gasteiger partial charge in [-0.25, -0.2) is 9.59 Å². The van der Waals surface area contributed by atoms with E-state index in [4.69, 9.17) is 10.8 Å². The van der Waals surface area contributed by atoms with E-state index in [0.29, 0.717) is 0 Å². The number of esters is 1. The zero-order chi connectivity index (χ0) is 12.6. The Bertz CT molecular complexity index is 520. The summed E-state index contributed by atoms with van der Waals surface area (Å²) in [4.78, 5) is 26.1. The Morgan fingerprint density at radius 3 is 2.94 bits per heavy atom. The lowest BCUT2D eigenvalue weighted by atomic mass is 10.2. The SMILES string of the molecule is COC(=O)C1=CC(C(=O)O)Nc2nc(N)nn21. The zero-order valence-electron chi connectivity index (χ0n) is 8.75. The van der Waals surface area contributed by atoms with Gasteiger partial charge in [0.2, 0.25) is 11.9 Å². The van der Waals surface area contributed by atoms with Gasteiger partial charge >= 0.3 is 11.9 Å². The molecule has 0 saturated carbocycles. The third-order valence-electron chi connectivity index (χ3n) is 2.12. The van der Waals surface area contributed by atoms with Crippen LogP contribution in [0.2, 0.25) is 0 Å². The maximum Gasteiger partial charge on any atom is 0.356 e. The molecule has 0 bridgehead atoms. The number of hydrogen-bond donors (Lipinski definition) is 3. The van der Waals surface area contributed by atoms with Crippen LogP contribution in [0.4, 0.5) is 11.9 Å². The highest BCUT2D eigenvalue weighted by molar-refractivity contribution is 6.12. The number of nitrogen functional groups attached to an aromatic ring is 1. The first-order valence-corrected chi connectivity index (χ1v) is 4.55. The van der Waals surface area contributed by atoms with Crippen molar-refractivity contribution >= 4 is 29.5 Å². The van der Waals surface area contributed by atoms with Gasteiger partial charge in [-0.1, -0.05) is 0 Å². The molecule has 1 aliphatic heterocycles. The molecule has 1 aromatic heterocycles. The van der Waals surface area contributed by atoms with Crippen molar-refractivity contribution in [3.05, 3.63) is 6.08 Å². The van der Waals surface area contributed by atoms with E-state index in [2.05, 4.69) is 20.1 Å². The summed E-state index contributed by atoms with van der Waals surface area (Å²) in [5, 5.41) is 15.2. The van der Waals surface area contributed by atoms with Gasteiger partial charge in [0.05, 0.1) is 7.11 Å². The molecular formula is C8H9N5O4. The van der Waals surface area contributed by atoms with Gasteiger partial charge in [0, 0.05) is 0 Å². The number of anilines is 2. The number of hydrogen-bond acceptors (Lipinski definition) is 7. The highest BCUT2D eigenvalue weighted by Gasteiger charge is 2.29. The summed E-state index contributed by atoms with van der Waals surface area (Å²) < 4.78 is 5.62. The molecule has 0 fully saturated rings. The van der Waals surface area contributed by atoms with Gasteiger partial charge in [0.15, 0.2) is 5.70 Å². The summed E-state index contributed by atoms with van der Waals surface area (Å²) in [7, 11) is 1.18. The maximum atomic E-state index is 11.5. The number of methoxy groups -OCH3 is 1. The molecule has 0 spiro atoms. The third kappa shape index (κ3) is 1.77. The number of carbonyl (C=O) groups is 2. The Balaban J connectivity index is 2.49. The van der Waals surface area contributed by atoms with Gasteiger partial charge in [-0.15, -0.1) is 5.10 Å². The van der Waals surface area contributed by atoms with Gasteiger partial charge in [0.25, 0.3) is 0 Å². The minimum Gasteiger partial charge on any atom is -0.479 e. The first-order valence-electron chi connectivity index (χ1n) is 4.55. The molecule has 1 unspecified atom stereocenters. The summed E-state index contributed by atoms with van der Waals surface area (Å²) in [6.45, 7) is 0. The average Bonchev–Trinajstić information content (AvgIpc) is 2.66. The number of aromatic nitrogens is 3. The van der Waals surface area contributed by atoms with Crippen LogP contribution in [-0.4, -0.2) is 45.0 Å². The molecule has 1 aromatic rings. The van der Waals surface area contributed by atoms with Crippen molar-refractivity contribution in [2.75, 3.05) is 18.2 Å². The fourth-order valence-corrected chi connectivity index (χ4v) is 1.39. The van der Waals surface area contributed by atoms with E-state index in [1.54, 1.807) is 0 Å². The van der Waals surface area contributed by atoms with E-state index in [0.717, 1.165) is 4.68 Å². The normalized spacial score (nSPS) is 17.7. The van der Waals surface area contributed by atoms with Crippen molar-refractivity contribution in [3.63, 3.8) is 0 Å². The van der Waals surface area contributed by atoms with E-state index in [1.807, 2.05) is 0 Å². The molecule has 2 rings (SSSR count). The second-order valence-corrected chi connectivity index (χ2v) is 3.21. The predicted octanol–water partition coefficient (Wildman–Crippen LogP) is -1.25. The fraction of sp³-hybridized carbons (Fsp3) is 0.250. The summed E-state index contributed by atoms with van der Waals surface area (Å²) in [5.41, 5.74) is 5.33. The molecule has 4 N–H and O–H groups in total. The van der Waals surface area contributed by atoms with Gasteiger partial charge < -0.3 is 20.9 Å². The van der Waals surface area contributed by atoms with Crippen LogP contribution in [-0.2, 0) is 14.3 Å². The Morgan fingerprint density at radius 2 is 2.35 bits per heavy atom.